The van der Waals surface area contributed by atoms with Crippen molar-refractivity contribution in [3.8, 4) is 17.2 Å². The molecule has 0 heterocycles. The van der Waals surface area contributed by atoms with Crippen LogP contribution in [0.25, 0.3) is 21.9 Å². The molecular weight excluding hydrogens is 292 g/mol. The molecule has 0 spiro atoms. The summed E-state index contributed by atoms with van der Waals surface area (Å²) >= 11 is 0. The van der Waals surface area contributed by atoms with Gasteiger partial charge in [-0.05, 0) is 40.6 Å². The van der Waals surface area contributed by atoms with Crippen LogP contribution in [0.2, 0.25) is 0 Å². The zero-order chi connectivity index (χ0) is 16.4. The van der Waals surface area contributed by atoms with Crippen molar-refractivity contribution in [1.29, 1.82) is 5.26 Å². The van der Waals surface area contributed by atoms with Crippen LogP contribution in [-0.2, 0) is 6.42 Å². The molecule has 0 radical (unpaired) electrons. The monoisotopic (exact) mass is 307 g/mol. The summed E-state index contributed by atoms with van der Waals surface area (Å²) in [4.78, 5) is 0. The highest BCUT2D eigenvalue weighted by atomic mass is 19.1. The quantitative estimate of drug-likeness (QED) is 0.617. The summed E-state index contributed by atoms with van der Waals surface area (Å²) in [5.41, 5.74) is 2.63. The number of nitrogens with zero attached hydrogens (tertiary/aromatic N) is 1. The molecule has 3 rings (SSSR count). The van der Waals surface area contributed by atoms with Gasteiger partial charge < -0.3 is 0 Å². The van der Waals surface area contributed by atoms with Gasteiger partial charge in [0.25, 0.3) is 0 Å². The van der Waals surface area contributed by atoms with E-state index in [-0.39, 0.29) is 5.39 Å². The number of hydrogen-bond acceptors (Lipinski definition) is 1. The van der Waals surface area contributed by atoms with Crippen LogP contribution in [0.1, 0.15) is 24.5 Å². The molecule has 0 N–H and O–H groups in total. The van der Waals surface area contributed by atoms with E-state index in [0.717, 1.165) is 24.0 Å². The average molecular weight is 307 g/mol. The SMILES string of the molecule is CCCc1ccc(-c2ccc3c(F)c(C#N)c(F)cc3c2)cc1. The third-order valence-electron chi connectivity index (χ3n) is 3.97. The number of benzene rings is 3. The number of halogens is 2. The van der Waals surface area contributed by atoms with Gasteiger partial charge in [0.15, 0.2) is 5.82 Å². The lowest BCUT2D eigenvalue weighted by Gasteiger charge is -2.07. The van der Waals surface area contributed by atoms with Gasteiger partial charge in [0.2, 0.25) is 0 Å². The molecule has 0 fully saturated rings. The smallest absolute Gasteiger partial charge is 0.151 e. The summed E-state index contributed by atoms with van der Waals surface area (Å²) in [5, 5.41) is 9.54. The van der Waals surface area contributed by atoms with Crippen LogP contribution in [0, 0.1) is 23.0 Å². The highest BCUT2D eigenvalue weighted by molar-refractivity contribution is 5.89. The maximum absolute atomic E-state index is 14.1. The molecule has 0 bridgehead atoms. The second-order valence-electron chi connectivity index (χ2n) is 5.54. The second-order valence-corrected chi connectivity index (χ2v) is 5.54. The summed E-state index contributed by atoms with van der Waals surface area (Å²) in [7, 11) is 0. The third-order valence-corrected chi connectivity index (χ3v) is 3.97. The lowest BCUT2D eigenvalue weighted by molar-refractivity contribution is 0.585. The highest BCUT2D eigenvalue weighted by Crippen LogP contribution is 2.29. The molecule has 114 valence electrons. The van der Waals surface area contributed by atoms with E-state index in [0.29, 0.717) is 5.39 Å². The molecule has 3 aromatic rings. The van der Waals surface area contributed by atoms with E-state index in [1.54, 1.807) is 24.3 Å². The average Bonchev–Trinajstić information content (AvgIpc) is 2.56. The van der Waals surface area contributed by atoms with Crippen LogP contribution >= 0.6 is 0 Å². The van der Waals surface area contributed by atoms with Crippen LogP contribution in [0.5, 0.6) is 0 Å². The molecular formula is C20H15F2N. The number of rotatable bonds is 3. The van der Waals surface area contributed by atoms with Crippen molar-refractivity contribution in [1.82, 2.24) is 0 Å². The summed E-state index contributed by atoms with van der Waals surface area (Å²) in [5.74, 6) is -1.62. The van der Waals surface area contributed by atoms with E-state index in [4.69, 9.17) is 5.26 Å². The first-order valence-corrected chi connectivity index (χ1v) is 7.55. The Morgan fingerprint density at radius 1 is 0.957 bits per heavy atom. The number of fused-ring (bicyclic) bond motifs is 1. The largest absolute Gasteiger partial charge is 0.205 e. The molecule has 0 saturated heterocycles. The fourth-order valence-corrected chi connectivity index (χ4v) is 2.76. The first-order valence-electron chi connectivity index (χ1n) is 7.55. The van der Waals surface area contributed by atoms with Crippen molar-refractivity contribution >= 4 is 10.8 Å². The normalized spacial score (nSPS) is 10.7. The van der Waals surface area contributed by atoms with Crippen molar-refractivity contribution in [3.05, 3.63) is 71.3 Å². The molecule has 3 heteroatoms. The summed E-state index contributed by atoms with van der Waals surface area (Å²) < 4.78 is 27.9. The number of hydrogen-bond donors (Lipinski definition) is 0. The van der Waals surface area contributed by atoms with E-state index in [1.165, 1.54) is 11.6 Å². The Labute approximate surface area is 133 Å². The van der Waals surface area contributed by atoms with Crippen molar-refractivity contribution in [3.63, 3.8) is 0 Å². The van der Waals surface area contributed by atoms with Crippen LogP contribution in [0.3, 0.4) is 0 Å². The molecule has 0 aliphatic rings. The van der Waals surface area contributed by atoms with E-state index in [9.17, 15) is 8.78 Å². The van der Waals surface area contributed by atoms with E-state index in [1.807, 2.05) is 12.1 Å². The molecule has 0 aliphatic carbocycles. The van der Waals surface area contributed by atoms with Gasteiger partial charge in [-0.2, -0.15) is 5.26 Å². The Kier molecular flexibility index (Phi) is 4.08. The molecule has 0 aromatic heterocycles. The zero-order valence-corrected chi connectivity index (χ0v) is 12.7. The number of nitriles is 1. The predicted octanol–water partition coefficient (Wildman–Crippen LogP) is 5.61. The van der Waals surface area contributed by atoms with Gasteiger partial charge in [0.05, 0.1) is 0 Å². The second kappa shape index (κ2) is 6.18. The van der Waals surface area contributed by atoms with Gasteiger partial charge in [-0.1, -0.05) is 49.7 Å². The molecule has 0 aliphatic heterocycles. The van der Waals surface area contributed by atoms with E-state index in [2.05, 4.69) is 19.1 Å². The summed E-state index contributed by atoms with van der Waals surface area (Å²) in [6, 6.07) is 16.1. The molecule has 23 heavy (non-hydrogen) atoms. The molecule has 1 nitrogen and oxygen atoms in total. The first-order chi connectivity index (χ1) is 11.1. The summed E-state index contributed by atoms with van der Waals surface area (Å²) in [6.45, 7) is 2.13. The van der Waals surface area contributed by atoms with Crippen molar-refractivity contribution in [2.24, 2.45) is 0 Å². The van der Waals surface area contributed by atoms with Gasteiger partial charge in [-0.25, -0.2) is 8.78 Å². The van der Waals surface area contributed by atoms with Gasteiger partial charge in [0.1, 0.15) is 17.4 Å². The van der Waals surface area contributed by atoms with E-state index >= 15 is 0 Å². The first kappa shape index (κ1) is 15.2. The van der Waals surface area contributed by atoms with Crippen LogP contribution in [-0.4, -0.2) is 0 Å². The minimum atomic E-state index is -0.826. The minimum absolute atomic E-state index is 0.259. The Bertz CT molecular complexity index is 906. The third kappa shape index (κ3) is 2.80. The minimum Gasteiger partial charge on any atom is -0.205 e. The zero-order valence-electron chi connectivity index (χ0n) is 12.7. The van der Waals surface area contributed by atoms with Crippen molar-refractivity contribution in [2.45, 2.75) is 19.8 Å². The van der Waals surface area contributed by atoms with Gasteiger partial charge >= 0.3 is 0 Å². The molecule has 0 saturated carbocycles. The molecule has 3 aromatic carbocycles. The fraction of sp³-hybridized carbons (Fsp3) is 0.150. The Balaban J connectivity index is 2.08. The van der Waals surface area contributed by atoms with E-state index < -0.39 is 17.2 Å². The van der Waals surface area contributed by atoms with Crippen LogP contribution in [0.4, 0.5) is 8.78 Å². The van der Waals surface area contributed by atoms with Crippen LogP contribution < -0.4 is 0 Å². The predicted molar refractivity (Wildman–Crippen MR) is 88.0 cm³/mol. The van der Waals surface area contributed by atoms with Crippen LogP contribution in [0.15, 0.2) is 48.5 Å². The standard InChI is InChI=1S/C20H15F2N/c1-2-3-13-4-6-14(7-5-13)15-8-9-17-16(10-15)11-19(21)18(12-23)20(17)22/h4-11H,2-3H2,1H3. The van der Waals surface area contributed by atoms with Gasteiger partial charge in [-0.3, -0.25) is 0 Å². The van der Waals surface area contributed by atoms with Crippen molar-refractivity contribution < 1.29 is 8.78 Å². The Morgan fingerprint density at radius 2 is 1.65 bits per heavy atom. The molecule has 0 unspecified atom stereocenters. The van der Waals surface area contributed by atoms with Gasteiger partial charge in [0, 0.05) is 5.39 Å². The lowest BCUT2D eigenvalue weighted by Crippen LogP contribution is -1.92. The van der Waals surface area contributed by atoms with Crippen molar-refractivity contribution in [2.75, 3.05) is 0 Å². The maximum atomic E-state index is 14.1. The topological polar surface area (TPSA) is 23.8 Å². The molecule has 0 amide bonds. The summed E-state index contributed by atoms with van der Waals surface area (Å²) in [6.07, 6.45) is 2.13. The number of aryl methyl sites for hydroxylation is 1. The maximum Gasteiger partial charge on any atom is 0.151 e. The Morgan fingerprint density at radius 3 is 2.30 bits per heavy atom. The Hall–Kier alpha value is -2.73. The molecule has 0 atom stereocenters. The highest BCUT2D eigenvalue weighted by Gasteiger charge is 2.13. The van der Waals surface area contributed by atoms with Gasteiger partial charge in [-0.15, -0.1) is 0 Å². The lowest BCUT2D eigenvalue weighted by atomic mass is 9.98. The fourth-order valence-electron chi connectivity index (χ4n) is 2.76.